The summed E-state index contributed by atoms with van der Waals surface area (Å²) in [5.74, 6) is 0. The summed E-state index contributed by atoms with van der Waals surface area (Å²) in [4.78, 5) is 0. The monoisotopic (exact) mass is 291 g/mol. The molecule has 2 aromatic rings. The van der Waals surface area contributed by atoms with E-state index >= 15 is 0 Å². The number of benzene rings is 1. The van der Waals surface area contributed by atoms with Gasteiger partial charge in [-0.15, -0.1) is 5.10 Å². The van der Waals surface area contributed by atoms with E-state index in [2.05, 4.69) is 37.6 Å². The summed E-state index contributed by atoms with van der Waals surface area (Å²) in [6, 6.07) is 7.46. The van der Waals surface area contributed by atoms with Crippen LogP contribution in [0.15, 0.2) is 28.9 Å². The Kier molecular flexibility index (Phi) is 3.52. The molecule has 0 unspecified atom stereocenters. The first kappa shape index (κ1) is 11.8. The Morgan fingerprint density at radius 2 is 2.35 bits per heavy atom. The highest BCUT2D eigenvalue weighted by Gasteiger charge is 2.09. The van der Waals surface area contributed by atoms with Crippen molar-refractivity contribution in [2.45, 2.75) is 6.54 Å². The van der Waals surface area contributed by atoms with E-state index in [9.17, 15) is 0 Å². The van der Waals surface area contributed by atoms with E-state index in [0.717, 1.165) is 15.9 Å². The Morgan fingerprint density at radius 1 is 1.53 bits per heavy atom. The molecule has 1 aromatic heterocycles. The van der Waals surface area contributed by atoms with Gasteiger partial charge in [-0.25, -0.2) is 4.68 Å². The minimum Gasteiger partial charge on any atom is -0.314 e. The highest BCUT2D eigenvalue weighted by Crippen LogP contribution is 2.22. The van der Waals surface area contributed by atoms with Gasteiger partial charge in [0.15, 0.2) is 0 Å². The topological polar surface area (TPSA) is 66.5 Å². The number of halogens is 1. The number of nitrogens with one attached hydrogen (secondary N) is 1. The average molecular weight is 292 g/mol. The Bertz CT molecular complexity index is 569. The lowest BCUT2D eigenvalue weighted by molar-refractivity contribution is 0.712. The second kappa shape index (κ2) is 5.08. The molecule has 0 atom stereocenters. The fraction of sp³-hybridized carbons (Fsp3) is 0.182. The Hall–Kier alpha value is -1.71. The van der Waals surface area contributed by atoms with Crippen molar-refractivity contribution in [1.82, 2.24) is 20.3 Å². The second-order valence-electron chi connectivity index (χ2n) is 3.45. The first-order chi connectivity index (χ1) is 8.26. The number of aromatic nitrogens is 3. The van der Waals surface area contributed by atoms with Crippen molar-refractivity contribution in [3.8, 4) is 11.8 Å². The van der Waals surface area contributed by atoms with Crippen LogP contribution in [0.1, 0.15) is 11.3 Å². The van der Waals surface area contributed by atoms with Gasteiger partial charge in [-0.1, -0.05) is 5.21 Å². The smallest absolute Gasteiger partial charge is 0.0992 e. The highest BCUT2D eigenvalue weighted by atomic mass is 79.9. The quantitative estimate of drug-likeness (QED) is 0.933. The lowest BCUT2D eigenvalue weighted by Crippen LogP contribution is -2.11. The molecule has 5 nitrogen and oxygen atoms in total. The van der Waals surface area contributed by atoms with Crippen LogP contribution in [0.5, 0.6) is 0 Å². The van der Waals surface area contributed by atoms with Gasteiger partial charge in [0.05, 0.1) is 29.2 Å². The largest absolute Gasteiger partial charge is 0.314 e. The number of nitrogens with zero attached hydrogens (tertiary/aromatic N) is 4. The third-order valence-corrected chi connectivity index (χ3v) is 2.92. The van der Waals surface area contributed by atoms with Crippen LogP contribution in [-0.4, -0.2) is 22.0 Å². The molecule has 6 heteroatoms. The molecule has 0 saturated heterocycles. The van der Waals surface area contributed by atoms with Gasteiger partial charge in [0.2, 0.25) is 0 Å². The Balaban J connectivity index is 2.46. The average Bonchev–Trinajstić information content (AvgIpc) is 2.77. The minimum absolute atomic E-state index is 0.607. The molecule has 0 fully saturated rings. The zero-order valence-corrected chi connectivity index (χ0v) is 10.8. The molecule has 0 spiro atoms. The molecule has 1 N–H and O–H groups in total. The number of nitriles is 1. The molecular formula is C11H10BrN5. The standard InChI is InChI=1S/C11H10BrN5/c1-14-6-9-7-15-16-17(9)11-3-2-8(5-13)4-10(11)12/h2-4,7,14H,6H2,1H3. The molecule has 0 aliphatic carbocycles. The van der Waals surface area contributed by atoms with Crippen LogP contribution < -0.4 is 5.32 Å². The van der Waals surface area contributed by atoms with Crippen LogP contribution in [0.3, 0.4) is 0 Å². The molecule has 0 aliphatic heterocycles. The van der Waals surface area contributed by atoms with E-state index in [1.54, 1.807) is 23.0 Å². The summed E-state index contributed by atoms with van der Waals surface area (Å²) in [5, 5.41) is 19.8. The zero-order valence-electron chi connectivity index (χ0n) is 9.18. The third-order valence-electron chi connectivity index (χ3n) is 2.28. The first-order valence-electron chi connectivity index (χ1n) is 5.00. The molecule has 17 heavy (non-hydrogen) atoms. The summed E-state index contributed by atoms with van der Waals surface area (Å²) < 4.78 is 2.56. The number of hydrogen-bond donors (Lipinski definition) is 1. The van der Waals surface area contributed by atoms with E-state index in [0.29, 0.717) is 12.1 Å². The van der Waals surface area contributed by atoms with Crippen molar-refractivity contribution in [2.75, 3.05) is 7.05 Å². The van der Waals surface area contributed by atoms with Crippen molar-refractivity contribution < 1.29 is 0 Å². The Labute approximate surface area is 107 Å². The van der Waals surface area contributed by atoms with Crippen LogP contribution in [0.2, 0.25) is 0 Å². The van der Waals surface area contributed by atoms with E-state index in [-0.39, 0.29) is 0 Å². The maximum absolute atomic E-state index is 8.81. The SMILES string of the molecule is CNCc1cnnn1-c1ccc(C#N)cc1Br. The molecule has 0 saturated carbocycles. The molecule has 0 bridgehead atoms. The lowest BCUT2D eigenvalue weighted by Gasteiger charge is -2.07. The van der Waals surface area contributed by atoms with Crippen LogP contribution in [0.25, 0.3) is 5.69 Å². The molecule has 0 amide bonds. The number of hydrogen-bond acceptors (Lipinski definition) is 4. The molecule has 86 valence electrons. The number of rotatable bonds is 3. The zero-order chi connectivity index (χ0) is 12.3. The van der Waals surface area contributed by atoms with Gasteiger partial charge in [0.25, 0.3) is 0 Å². The van der Waals surface area contributed by atoms with Crippen LogP contribution in [-0.2, 0) is 6.54 Å². The molecule has 0 radical (unpaired) electrons. The predicted octanol–water partition coefficient (Wildman–Crippen LogP) is 1.62. The summed E-state index contributed by atoms with van der Waals surface area (Å²) in [7, 11) is 1.87. The second-order valence-corrected chi connectivity index (χ2v) is 4.30. The van der Waals surface area contributed by atoms with Crippen LogP contribution in [0, 0.1) is 11.3 Å². The van der Waals surface area contributed by atoms with Gasteiger partial charge in [-0.05, 0) is 41.2 Å². The van der Waals surface area contributed by atoms with E-state index in [1.807, 2.05) is 13.1 Å². The minimum atomic E-state index is 0.607. The molecule has 1 heterocycles. The van der Waals surface area contributed by atoms with Crippen LogP contribution in [0.4, 0.5) is 0 Å². The summed E-state index contributed by atoms with van der Waals surface area (Å²) in [6.07, 6.45) is 1.71. The van der Waals surface area contributed by atoms with Gasteiger partial charge in [0, 0.05) is 11.0 Å². The van der Waals surface area contributed by atoms with Crippen molar-refractivity contribution >= 4 is 15.9 Å². The summed E-state index contributed by atoms with van der Waals surface area (Å²) >= 11 is 3.43. The van der Waals surface area contributed by atoms with Gasteiger partial charge >= 0.3 is 0 Å². The Morgan fingerprint density at radius 3 is 3.00 bits per heavy atom. The van der Waals surface area contributed by atoms with Crippen molar-refractivity contribution in [2.24, 2.45) is 0 Å². The third kappa shape index (κ3) is 2.35. The lowest BCUT2D eigenvalue weighted by atomic mass is 10.2. The maximum Gasteiger partial charge on any atom is 0.0992 e. The van der Waals surface area contributed by atoms with Crippen molar-refractivity contribution in [1.29, 1.82) is 5.26 Å². The summed E-state index contributed by atoms with van der Waals surface area (Å²) in [6.45, 7) is 0.680. The fourth-order valence-electron chi connectivity index (χ4n) is 1.51. The van der Waals surface area contributed by atoms with Crippen molar-refractivity contribution in [3.63, 3.8) is 0 Å². The molecule has 1 aromatic carbocycles. The van der Waals surface area contributed by atoms with E-state index < -0.39 is 0 Å². The molecule has 0 aliphatic rings. The normalized spacial score (nSPS) is 10.2. The molecule has 2 rings (SSSR count). The summed E-state index contributed by atoms with van der Waals surface area (Å²) in [5.41, 5.74) is 2.43. The first-order valence-corrected chi connectivity index (χ1v) is 5.79. The highest BCUT2D eigenvalue weighted by molar-refractivity contribution is 9.10. The van der Waals surface area contributed by atoms with E-state index in [1.165, 1.54) is 0 Å². The van der Waals surface area contributed by atoms with Gasteiger partial charge in [-0.2, -0.15) is 5.26 Å². The van der Waals surface area contributed by atoms with Gasteiger partial charge in [0.1, 0.15) is 0 Å². The van der Waals surface area contributed by atoms with Crippen LogP contribution >= 0.6 is 15.9 Å². The van der Waals surface area contributed by atoms with Gasteiger partial charge in [-0.3, -0.25) is 0 Å². The fourth-order valence-corrected chi connectivity index (χ4v) is 2.06. The van der Waals surface area contributed by atoms with Gasteiger partial charge < -0.3 is 5.32 Å². The molecular weight excluding hydrogens is 282 g/mol. The maximum atomic E-state index is 8.81. The van der Waals surface area contributed by atoms with E-state index in [4.69, 9.17) is 5.26 Å². The predicted molar refractivity (Wildman–Crippen MR) is 66.5 cm³/mol. The van der Waals surface area contributed by atoms with Crippen molar-refractivity contribution in [3.05, 3.63) is 40.1 Å².